The molecule has 2 aromatic rings. The van der Waals surface area contributed by atoms with Gasteiger partial charge in [-0.2, -0.15) is 0 Å². The number of amides is 1. The number of carbonyl (C=O) groups is 1. The summed E-state index contributed by atoms with van der Waals surface area (Å²) in [6.45, 7) is 10.9. The number of carbonyl (C=O) groups excluding carboxylic acids is 1. The van der Waals surface area contributed by atoms with Crippen molar-refractivity contribution < 1.29 is 14.3 Å². The summed E-state index contributed by atoms with van der Waals surface area (Å²) < 4.78 is 11.9. The highest BCUT2D eigenvalue weighted by Gasteiger charge is 2.36. The van der Waals surface area contributed by atoms with Gasteiger partial charge in [0.15, 0.2) is 0 Å². The number of ether oxygens (including phenoxy) is 2. The molecular formula is C24H30N2O3. The van der Waals surface area contributed by atoms with Crippen molar-refractivity contribution in [1.82, 2.24) is 10.2 Å². The lowest BCUT2D eigenvalue weighted by atomic mass is 9.87. The first-order chi connectivity index (χ1) is 13.8. The lowest BCUT2D eigenvalue weighted by Crippen LogP contribution is -2.59. The molecule has 5 heteroatoms. The molecule has 2 aliphatic rings. The van der Waals surface area contributed by atoms with Crippen LogP contribution in [-0.2, 0) is 9.53 Å². The smallest absolute Gasteiger partial charge is 0.232 e. The Morgan fingerprint density at radius 3 is 2.07 bits per heavy atom. The highest BCUT2D eigenvalue weighted by Crippen LogP contribution is 2.43. The molecule has 2 aliphatic heterocycles. The molecule has 0 aromatic heterocycles. The van der Waals surface area contributed by atoms with E-state index >= 15 is 0 Å². The lowest BCUT2D eigenvalue weighted by molar-refractivity contribution is -0.123. The molecule has 2 heterocycles. The fourth-order valence-electron chi connectivity index (χ4n) is 4.38. The van der Waals surface area contributed by atoms with Crippen molar-refractivity contribution in [3.05, 3.63) is 59.7 Å². The summed E-state index contributed by atoms with van der Waals surface area (Å²) in [5, 5.41) is 3.22. The molecule has 29 heavy (non-hydrogen) atoms. The fourth-order valence-corrected chi connectivity index (χ4v) is 4.38. The maximum absolute atomic E-state index is 13.4. The summed E-state index contributed by atoms with van der Waals surface area (Å²) >= 11 is 0. The number of rotatable bonds is 4. The zero-order valence-corrected chi connectivity index (χ0v) is 17.6. The van der Waals surface area contributed by atoms with Crippen molar-refractivity contribution in [2.75, 3.05) is 19.6 Å². The molecular weight excluding hydrogens is 364 g/mol. The number of morpholine rings is 1. The Morgan fingerprint density at radius 1 is 1.00 bits per heavy atom. The third-order valence-electron chi connectivity index (χ3n) is 5.91. The van der Waals surface area contributed by atoms with Gasteiger partial charge in [-0.25, -0.2) is 0 Å². The molecule has 0 saturated carbocycles. The summed E-state index contributed by atoms with van der Waals surface area (Å²) in [6, 6.07) is 15.6. The van der Waals surface area contributed by atoms with Gasteiger partial charge in [-0.15, -0.1) is 0 Å². The Bertz CT molecular complexity index is 840. The lowest BCUT2D eigenvalue weighted by Gasteiger charge is -2.45. The van der Waals surface area contributed by atoms with Crippen LogP contribution in [-0.4, -0.2) is 48.2 Å². The van der Waals surface area contributed by atoms with Crippen LogP contribution in [0.4, 0.5) is 0 Å². The molecule has 1 fully saturated rings. The number of benzene rings is 2. The molecule has 0 radical (unpaired) electrons. The van der Waals surface area contributed by atoms with Gasteiger partial charge in [0, 0.05) is 36.3 Å². The molecule has 0 spiro atoms. The molecule has 5 nitrogen and oxygen atoms in total. The van der Waals surface area contributed by atoms with Crippen LogP contribution in [0.15, 0.2) is 48.5 Å². The fraction of sp³-hybridized carbons (Fsp3) is 0.458. The molecule has 4 rings (SSSR count). The molecule has 1 amide bonds. The van der Waals surface area contributed by atoms with Crippen LogP contribution in [0.1, 0.15) is 44.7 Å². The molecule has 1 N–H and O–H groups in total. The van der Waals surface area contributed by atoms with Crippen LogP contribution in [0.25, 0.3) is 0 Å². The average Bonchev–Trinajstić information content (AvgIpc) is 2.69. The Kier molecular flexibility index (Phi) is 5.36. The van der Waals surface area contributed by atoms with Crippen molar-refractivity contribution >= 4 is 5.91 Å². The first-order valence-electron chi connectivity index (χ1n) is 10.4. The van der Waals surface area contributed by atoms with E-state index in [1.807, 2.05) is 48.5 Å². The van der Waals surface area contributed by atoms with Gasteiger partial charge in [-0.3, -0.25) is 9.69 Å². The van der Waals surface area contributed by atoms with Gasteiger partial charge in [0.1, 0.15) is 11.5 Å². The SMILES string of the molecule is CC1CN(C(C)(C)CNC(=O)C2c3ccccc3Oc3ccccc32)CC(C)O1. The Hall–Kier alpha value is -2.37. The maximum atomic E-state index is 13.4. The predicted molar refractivity (Wildman–Crippen MR) is 113 cm³/mol. The monoisotopic (exact) mass is 394 g/mol. The highest BCUT2D eigenvalue weighted by molar-refractivity contribution is 5.89. The standard InChI is InChI=1S/C24H30N2O3/c1-16-13-26(14-17(2)28-16)24(3,4)15-25-23(27)22-18-9-5-7-11-20(18)29-21-12-8-6-10-19(21)22/h5-12,16-17,22H,13-15H2,1-4H3,(H,25,27). The number of hydrogen-bond acceptors (Lipinski definition) is 4. The van der Waals surface area contributed by atoms with Crippen molar-refractivity contribution in [2.24, 2.45) is 0 Å². The number of nitrogens with zero attached hydrogens (tertiary/aromatic N) is 1. The molecule has 154 valence electrons. The first kappa shape index (κ1) is 19.9. The van der Waals surface area contributed by atoms with Crippen LogP contribution in [0.5, 0.6) is 11.5 Å². The topological polar surface area (TPSA) is 50.8 Å². The Balaban J connectivity index is 1.53. The average molecular weight is 395 g/mol. The quantitative estimate of drug-likeness (QED) is 0.854. The van der Waals surface area contributed by atoms with E-state index in [4.69, 9.17) is 9.47 Å². The van der Waals surface area contributed by atoms with E-state index in [-0.39, 0.29) is 29.6 Å². The van der Waals surface area contributed by atoms with E-state index in [9.17, 15) is 4.79 Å². The molecule has 2 aromatic carbocycles. The third kappa shape index (κ3) is 4.02. The first-order valence-corrected chi connectivity index (χ1v) is 10.4. The van der Waals surface area contributed by atoms with Crippen molar-refractivity contribution in [2.45, 2.75) is 51.4 Å². The third-order valence-corrected chi connectivity index (χ3v) is 5.91. The van der Waals surface area contributed by atoms with Gasteiger partial charge in [-0.1, -0.05) is 36.4 Å². The summed E-state index contributed by atoms with van der Waals surface area (Å²) in [5.74, 6) is 1.15. The molecule has 0 bridgehead atoms. The van der Waals surface area contributed by atoms with E-state index in [2.05, 4.69) is 37.9 Å². The molecule has 1 saturated heterocycles. The normalized spacial score (nSPS) is 22.3. The predicted octanol–water partition coefficient (Wildman–Crippen LogP) is 3.93. The summed E-state index contributed by atoms with van der Waals surface area (Å²) in [4.78, 5) is 15.8. The Morgan fingerprint density at radius 2 is 1.52 bits per heavy atom. The van der Waals surface area contributed by atoms with Gasteiger partial charge in [0.05, 0.1) is 18.1 Å². The van der Waals surface area contributed by atoms with Crippen LogP contribution in [0, 0.1) is 0 Å². The highest BCUT2D eigenvalue weighted by atomic mass is 16.5. The van der Waals surface area contributed by atoms with E-state index in [0.717, 1.165) is 35.7 Å². The summed E-state index contributed by atoms with van der Waals surface area (Å²) in [6.07, 6.45) is 0.394. The van der Waals surface area contributed by atoms with Gasteiger partial charge in [0.25, 0.3) is 0 Å². The van der Waals surface area contributed by atoms with E-state index in [1.54, 1.807) is 0 Å². The maximum Gasteiger partial charge on any atom is 0.232 e. The Labute approximate surface area is 173 Å². The van der Waals surface area contributed by atoms with Crippen LogP contribution < -0.4 is 10.1 Å². The van der Waals surface area contributed by atoms with Crippen molar-refractivity contribution in [3.63, 3.8) is 0 Å². The minimum Gasteiger partial charge on any atom is -0.457 e. The molecule has 2 atom stereocenters. The van der Waals surface area contributed by atoms with E-state index in [0.29, 0.717) is 6.54 Å². The molecule has 2 unspecified atom stereocenters. The second-order valence-electron chi connectivity index (χ2n) is 8.80. The van der Waals surface area contributed by atoms with Crippen LogP contribution in [0.2, 0.25) is 0 Å². The van der Waals surface area contributed by atoms with Gasteiger partial charge < -0.3 is 14.8 Å². The second-order valence-corrected chi connectivity index (χ2v) is 8.80. The minimum absolute atomic E-state index is 0.00984. The largest absolute Gasteiger partial charge is 0.457 e. The van der Waals surface area contributed by atoms with Crippen LogP contribution >= 0.6 is 0 Å². The van der Waals surface area contributed by atoms with Gasteiger partial charge in [-0.05, 0) is 39.8 Å². The number of nitrogens with one attached hydrogen (secondary N) is 1. The zero-order chi connectivity index (χ0) is 20.6. The van der Waals surface area contributed by atoms with Gasteiger partial charge >= 0.3 is 0 Å². The zero-order valence-electron chi connectivity index (χ0n) is 17.6. The van der Waals surface area contributed by atoms with Crippen LogP contribution in [0.3, 0.4) is 0 Å². The number of fused-ring (bicyclic) bond motifs is 2. The number of hydrogen-bond donors (Lipinski definition) is 1. The number of para-hydroxylation sites is 2. The van der Waals surface area contributed by atoms with Crippen molar-refractivity contribution in [3.8, 4) is 11.5 Å². The minimum atomic E-state index is -0.366. The summed E-state index contributed by atoms with van der Waals surface area (Å²) in [5.41, 5.74) is 1.66. The van der Waals surface area contributed by atoms with Crippen molar-refractivity contribution in [1.29, 1.82) is 0 Å². The second kappa shape index (κ2) is 7.81. The summed E-state index contributed by atoms with van der Waals surface area (Å²) in [7, 11) is 0. The van der Waals surface area contributed by atoms with E-state index in [1.165, 1.54) is 0 Å². The van der Waals surface area contributed by atoms with Gasteiger partial charge in [0.2, 0.25) is 5.91 Å². The molecule has 0 aliphatic carbocycles. The van der Waals surface area contributed by atoms with E-state index < -0.39 is 0 Å².